The van der Waals surface area contributed by atoms with Crippen LogP contribution in [0.15, 0.2) is 5.38 Å². The molecule has 2 rings (SSSR count). The number of hydrogen-bond donors (Lipinski definition) is 1. The summed E-state index contributed by atoms with van der Waals surface area (Å²) >= 11 is 1.82. The molecule has 1 N–H and O–H groups in total. The van der Waals surface area contributed by atoms with Crippen LogP contribution in [-0.4, -0.2) is 42.6 Å². The number of thiazole rings is 1. The molecule has 3 nitrogen and oxygen atoms in total. The van der Waals surface area contributed by atoms with Crippen LogP contribution < -0.4 is 5.32 Å². The van der Waals surface area contributed by atoms with Crippen molar-refractivity contribution in [2.75, 3.05) is 32.7 Å². The van der Waals surface area contributed by atoms with Gasteiger partial charge in [0, 0.05) is 49.4 Å². The van der Waals surface area contributed by atoms with E-state index in [0.717, 1.165) is 19.6 Å². The topological polar surface area (TPSA) is 28.2 Å². The van der Waals surface area contributed by atoms with Gasteiger partial charge in [0.2, 0.25) is 0 Å². The maximum Gasteiger partial charge on any atom is 0.0969 e. The molecule has 1 aromatic heterocycles. The van der Waals surface area contributed by atoms with Crippen LogP contribution in [-0.2, 0) is 5.41 Å². The van der Waals surface area contributed by atoms with E-state index in [2.05, 4.69) is 43.3 Å². The molecule has 0 aromatic carbocycles. The van der Waals surface area contributed by atoms with Gasteiger partial charge in [-0.15, -0.1) is 11.3 Å². The van der Waals surface area contributed by atoms with Gasteiger partial charge in [-0.1, -0.05) is 27.7 Å². The summed E-state index contributed by atoms with van der Waals surface area (Å²) in [5, 5.41) is 6.91. The van der Waals surface area contributed by atoms with Crippen molar-refractivity contribution < 1.29 is 0 Å². The highest BCUT2D eigenvalue weighted by atomic mass is 32.1. The van der Waals surface area contributed by atoms with E-state index < -0.39 is 0 Å². The zero-order valence-electron chi connectivity index (χ0n) is 12.0. The largest absolute Gasteiger partial charge is 0.314 e. The van der Waals surface area contributed by atoms with Crippen LogP contribution in [0.25, 0.3) is 0 Å². The Hall–Kier alpha value is -0.450. The number of piperazine rings is 1. The van der Waals surface area contributed by atoms with Crippen molar-refractivity contribution in [1.29, 1.82) is 0 Å². The lowest BCUT2D eigenvalue weighted by molar-refractivity contribution is 0.230. The fourth-order valence-electron chi connectivity index (χ4n) is 2.22. The molecule has 1 atom stereocenters. The molecule has 0 saturated carbocycles. The summed E-state index contributed by atoms with van der Waals surface area (Å²) < 4.78 is 0. The number of nitrogens with one attached hydrogen (secondary N) is 1. The summed E-state index contributed by atoms with van der Waals surface area (Å²) in [6.07, 6.45) is 0. The number of hydrogen-bond acceptors (Lipinski definition) is 4. The summed E-state index contributed by atoms with van der Waals surface area (Å²) in [6.45, 7) is 14.7. The van der Waals surface area contributed by atoms with E-state index in [9.17, 15) is 0 Å². The zero-order chi connectivity index (χ0) is 13.2. The van der Waals surface area contributed by atoms with Crippen LogP contribution in [0.4, 0.5) is 0 Å². The van der Waals surface area contributed by atoms with Crippen LogP contribution in [0, 0.1) is 0 Å². The zero-order valence-corrected chi connectivity index (χ0v) is 12.8. The fraction of sp³-hybridized carbons (Fsp3) is 0.786. The summed E-state index contributed by atoms with van der Waals surface area (Å²) in [7, 11) is 0. The van der Waals surface area contributed by atoms with Crippen LogP contribution in [0.1, 0.15) is 44.3 Å². The molecule has 0 aliphatic carbocycles. The van der Waals surface area contributed by atoms with Crippen LogP contribution >= 0.6 is 11.3 Å². The molecule has 1 aromatic rings. The first-order valence-electron chi connectivity index (χ1n) is 6.86. The highest BCUT2D eigenvalue weighted by molar-refractivity contribution is 7.09. The maximum absolute atomic E-state index is 4.82. The Balaban J connectivity index is 1.96. The summed E-state index contributed by atoms with van der Waals surface area (Å²) in [6, 6.07) is 0. The fourth-order valence-corrected chi connectivity index (χ4v) is 3.31. The monoisotopic (exact) mass is 267 g/mol. The molecular weight excluding hydrogens is 242 g/mol. The molecule has 1 aliphatic heterocycles. The average molecular weight is 267 g/mol. The van der Waals surface area contributed by atoms with Crippen molar-refractivity contribution >= 4 is 11.3 Å². The minimum absolute atomic E-state index is 0.170. The van der Waals surface area contributed by atoms with Crippen molar-refractivity contribution in [2.45, 2.75) is 39.0 Å². The Kier molecular flexibility index (Phi) is 4.41. The number of aromatic nitrogens is 1. The van der Waals surface area contributed by atoms with Crippen molar-refractivity contribution in [3.8, 4) is 0 Å². The van der Waals surface area contributed by atoms with Crippen molar-refractivity contribution in [1.82, 2.24) is 15.2 Å². The van der Waals surface area contributed by atoms with Gasteiger partial charge >= 0.3 is 0 Å². The molecule has 1 fully saturated rings. The van der Waals surface area contributed by atoms with Gasteiger partial charge in [-0.3, -0.25) is 0 Å². The SMILES string of the molecule is CC(CN1CCNCC1)c1nc(C(C)(C)C)cs1. The van der Waals surface area contributed by atoms with Crippen LogP contribution in [0.3, 0.4) is 0 Å². The highest BCUT2D eigenvalue weighted by Gasteiger charge is 2.21. The molecule has 2 heterocycles. The lowest BCUT2D eigenvalue weighted by atomic mass is 9.93. The van der Waals surface area contributed by atoms with E-state index >= 15 is 0 Å². The number of rotatable bonds is 3. The Morgan fingerprint density at radius 1 is 1.39 bits per heavy atom. The average Bonchev–Trinajstić information content (AvgIpc) is 2.79. The molecule has 0 bridgehead atoms. The van der Waals surface area contributed by atoms with Crippen molar-refractivity contribution in [3.63, 3.8) is 0 Å². The normalized spacial score (nSPS) is 20.0. The van der Waals surface area contributed by atoms with E-state index in [-0.39, 0.29) is 5.41 Å². The highest BCUT2D eigenvalue weighted by Crippen LogP contribution is 2.28. The van der Waals surface area contributed by atoms with Gasteiger partial charge in [0.15, 0.2) is 0 Å². The predicted octanol–water partition coefficient (Wildman–Crippen LogP) is 2.45. The van der Waals surface area contributed by atoms with E-state index in [1.54, 1.807) is 0 Å². The van der Waals surface area contributed by atoms with Gasteiger partial charge in [0.05, 0.1) is 10.7 Å². The van der Waals surface area contributed by atoms with Gasteiger partial charge in [0.1, 0.15) is 0 Å². The third-order valence-corrected chi connectivity index (χ3v) is 4.53. The summed E-state index contributed by atoms with van der Waals surface area (Å²) in [5.41, 5.74) is 1.40. The maximum atomic E-state index is 4.82. The minimum atomic E-state index is 0.170. The molecule has 102 valence electrons. The van der Waals surface area contributed by atoms with E-state index in [0.29, 0.717) is 5.92 Å². The van der Waals surface area contributed by atoms with Gasteiger partial charge in [-0.25, -0.2) is 4.98 Å². The molecule has 0 radical (unpaired) electrons. The predicted molar refractivity (Wildman–Crippen MR) is 78.5 cm³/mol. The lowest BCUT2D eigenvalue weighted by Crippen LogP contribution is -2.44. The van der Waals surface area contributed by atoms with Gasteiger partial charge < -0.3 is 10.2 Å². The Morgan fingerprint density at radius 3 is 2.61 bits per heavy atom. The molecule has 18 heavy (non-hydrogen) atoms. The van der Waals surface area contributed by atoms with Crippen LogP contribution in [0.2, 0.25) is 0 Å². The van der Waals surface area contributed by atoms with E-state index in [1.807, 2.05) is 11.3 Å². The third kappa shape index (κ3) is 3.53. The second-order valence-corrected chi connectivity index (χ2v) is 7.16. The molecule has 0 spiro atoms. The first kappa shape index (κ1) is 14.0. The smallest absolute Gasteiger partial charge is 0.0969 e. The number of nitrogens with zero attached hydrogens (tertiary/aromatic N) is 2. The molecule has 4 heteroatoms. The quantitative estimate of drug-likeness (QED) is 0.912. The Morgan fingerprint density at radius 2 is 2.06 bits per heavy atom. The van der Waals surface area contributed by atoms with Gasteiger partial charge in [-0.05, 0) is 0 Å². The van der Waals surface area contributed by atoms with Crippen LogP contribution in [0.5, 0.6) is 0 Å². The lowest BCUT2D eigenvalue weighted by Gasteiger charge is -2.29. The van der Waals surface area contributed by atoms with Crippen molar-refractivity contribution in [3.05, 3.63) is 16.1 Å². The molecule has 1 saturated heterocycles. The minimum Gasteiger partial charge on any atom is -0.314 e. The second kappa shape index (κ2) is 5.68. The van der Waals surface area contributed by atoms with Crippen molar-refractivity contribution in [2.24, 2.45) is 0 Å². The van der Waals surface area contributed by atoms with Gasteiger partial charge in [0.25, 0.3) is 0 Å². The second-order valence-electron chi connectivity index (χ2n) is 6.27. The molecule has 0 amide bonds. The summed E-state index contributed by atoms with van der Waals surface area (Å²) in [5.74, 6) is 0.546. The van der Waals surface area contributed by atoms with E-state index in [4.69, 9.17) is 4.98 Å². The molecular formula is C14H25N3S. The Bertz CT molecular complexity index is 375. The summed E-state index contributed by atoms with van der Waals surface area (Å²) in [4.78, 5) is 7.36. The first-order chi connectivity index (χ1) is 8.47. The van der Waals surface area contributed by atoms with E-state index in [1.165, 1.54) is 23.8 Å². The third-order valence-electron chi connectivity index (χ3n) is 3.45. The molecule has 1 aliphatic rings. The van der Waals surface area contributed by atoms with Gasteiger partial charge in [-0.2, -0.15) is 0 Å². The molecule has 1 unspecified atom stereocenters. The Labute approximate surface area is 115 Å². The standard InChI is InChI=1S/C14H25N3S/c1-11(9-17-7-5-15-6-8-17)13-16-12(10-18-13)14(2,3)4/h10-11,15H,5-9H2,1-4H3. The first-order valence-corrected chi connectivity index (χ1v) is 7.74.